The Hall–Kier alpha value is -2.23. The molecular formula is C18H15N3OSe. The Balaban J connectivity index is 2.02. The molecule has 0 amide bonds. The third-order valence-electron chi connectivity index (χ3n) is 4.29. The van der Waals surface area contributed by atoms with Crippen LogP contribution in [0.15, 0.2) is 48.8 Å². The van der Waals surface area contributed by atoms with Crippen LogP contribution in [0.5, 0.6) is 0 Å². The third-order valence-corrected chi connectivity index (χ3v) is 6.38. The van der Waals surface area contributed by atoms with Crippen LogP contribution in [0, 0.1) is 0 Å². The first kappa shape index (κ1) is 14.4. The van der Waals surface area contributed by atoms with Crippen LogP contribution in [0.25, 0.3) is 0 Å². The quantitative estimate of drug-likeness (QED) is 0.513. The van der Waals surface area contributed by atoms with E-state index >= 15 is 0 Å². The Morgan fingerprint density at radius 3 is 2.13 bits per heavy atom. The van der Waals surface area contributed by atoms with Gasteiger partial charge in [-0.1, -0.05) is 0 Å². The number of anilines is 3. The molecule has 23 heavy (non-hydrogen) atoms. The normalized spacial score (nSPS) is 15.0. The van der Waals surface area contributed by atoms with E-state index in [0.29, 0.717) is 0 Å². The van der Waals surface area contributed by atoms with Crippen LogP contribution in [-0.2, 0) is 5.41 Å². The van der Waals surface area contributed by atoms with Gasteiger partial charge in [-0.15, -0.1) is 0 Å². The molecule has 0 spiro atoms. The average molecular weight is 368 g/mol. The van der Waals surface area contributed by atoms with Gasteiger partial charge in [0, 0.05) is 0 Å². The van der Waals surface area contributed by atoms with Gasteiger partial charge in [0.25, 0.3) is 0 Å². The van der Waals surface area contributed by atoms with Gasteiger partial charge in [-0.3, -0.25) is 0 Å². The standard InChI is InChI=1S/C18H15N3OSe/c1-18(2)13-5-3-9-19-16(13)21(15-8-7-12(11-22)23-15)17-14(18)6-4-10-20-17/h3-11H,1-2H3. The number of aldehydes is 1. The Kier molecular flexibility index (Phi) is 3.22. The zero-order chi connectivity index (χ0) is 16.0. The van der Waals surface area contributed by atoms with Crippen molar-refractivity contribution in [3.8, 4) is 0 Å². The number of carbonyl (C=O) groups excluding carboxylic acids is 1. The van der Waals surface area contributed by atoms with Crippen molar-refractivity contribution in [1.82, 2.24) is 9.97 Å². The zero-order valence-corrected chi connectivity index (χ0v) is 14.6. The Morgan fingerprint density at radius 1 is 1.00 bits per heavy atom. The molecule has 0 bridgehead atoms. The van der Waals surface area contributed by atoms with Crippen LogP contribution in [0.1, 0.15) is 34.2 Å². The Labute approximate surface area is 140 Å². The fourth-order valence-electron chi connectivity index (χ4n) is 3.11. The van der Waals surface area contributed by atoms with E-state index in [9.17, 15) is 4.79 Å². The van der Waals surface area contributed by atoms with E-state index in [2.05, 4.69) is 40.8 Å². The first-order valence-corrected chi connectivity index (χ1v) is 9.10. The molecule has 0 saturated heterocycles. The number of aromatic nitrogens is 2. The molecule has 5 heteroatoms. The first-order chi connectivity index (χ1) is 11.1. The molecule has 0 N–H and O–H groups in total. The Morgan fingerprint density at radius 2 is 1.61 bits per heavy atom. The van der Waals surface area contributed by atoms with Gasteiger partial charge < -0.3 is 0 Å². The summed E-state index contributed by atoms with van der Waals surface area (Å²) in [6, 6.07) is 12.1. The van der Waals surface area contributed by atoms with E-state index in [0.717, 1.165) is 26.9 Å². The van der Waals surface area contributed by atoms with Gasteiger partial charge in [0.2, 0.25) is 0 Å². The van der Waals surface area contributed by atoms with Gasteiger partial charge in [0.1, 0.15) is 0 Å². The van der Waals surface area contributed by atoms with Crippen LogP contribution >= 0.6 is 0 Å². The SMILES string of the molecule is CC1(C)c2cccnc2N(c2ccc(C=O)[se]2)c2ncccc21. The second kappa shape index (κ2) is 5.15. The van der Waals surface area contributed by atoms with Gasteiger partial charge >= 0.3 is 140 Å². The summed E-state index contributed by atoms with van der Waals surface area (Å²) < 4.78 is 1.93. The molecule has 0 fully saturated rings. The second-order valence-corrected chi connectivity index (χ2v) is 8.30. The molecule has 0 radical (unpaired) electrons. The first-order valence-electron chi connectivity index (χ1n) is 7.39. The molecule has 0 saturated carbocycles. The van der Waals surface area contributed by atoms with Crippen LogP contribution in [0.2, 0.25) is 0 Å². The molecule has 0 atom stereocenters. The molecule has 4 nitrogen and oxygen atoms in total. The summed E-state index contributed by atoms with van der Waals surface area (Å²) in [5.41, 5.74) is 2.20. The summed E-state index contributed by atoms with van der Waals surface area (Å²) in [6.07, 6.45) is 4.56. The number of pyridine rings is 2. The predicted molar refractivity (Wildman–Crippen MR) is 91.2 cm³/mol. The third kappa shape index (κ3) is 2.08. The van der Waals surface area contributed by atoms with Gasteiger partial charge in [0.05, 0.1) is 0 Å². The molecule has 3 aromatic rings. The predicted octanol–water partition coefficient (Wildman–Crippen LogP) is 3.46. The average Bonchev–Trinajstić information content (AvgIpc) is 3.04. The Bertz CT molecular complexity index is 851. The fraction of sp³-hybridized carbons (Fsp3) is 0.167. The fourth-order valence-corrected chi connectivity index (χ4v) is 4.84. The van der Waals surface area contributed by atoms with Crippen LogP contribution in [-0.4, -0.2) is 30.8 Å². The van der Waals surface area contributed by atoms with Crippen molar-refractivity contribution in [2.45, 2.75) is 19.3 Å². The molecule has 0 aromatic carbocycles. The van der Waals surface area contributed by atoms with Gasteiger partial charge in [0.15, 0.2) is 0 Å². The number of rotatable bonds is 2. The number of nitrogens with zero attached hydrogens (tertiary/aromatic N) is 3. The van der Waals surface area contributed by atoms with E-state index < -0.39 is 0 Å². The topological polar surface area (TPSA) is 46.1 Å². The maximum atomic E-state index is 11.1. The van der Waals surface area contributed by atoms with E-state index in [1.807, 2.05) is 36.7 Å². The van der Waals surface area contributed by atoms with Crippen molar-refractivity contribution in [1.29, 1.82) is 0 Å². The van der Waals surface area contributed by atoms with Gasteiger partial charge in [-0.25, -0.2) is 0 Å². The van der Waals surface area contributed by atoms with E-state index in [4.69, 9.17) is 0 Å². The summed E-state index contributed by atoms with van der Waals surface area (Å²) in [7, 11) is 0. The minimum absolute atomic E-state index is 0.0210. The maximum absolute atomic E-state index is 11.1. The summed E-state index contributed by atoms with van der Waals surface area (Å²) >= 11 is -0.0210. The zero-order valence-electron chi connectivity index (χ0n) is 12.9. The molecule has 0 aliphatic carbocycles. The molecule has 3 aromatic heterocycles. The van der Waals surface area contributed by atoms with Crippen molar-refractivity contribution in [2.24, 2.45) is 0 Å². The number of carbonyl (C=O) groups is 1. The van der Waals surface area contributed by atoms with Crippen molar-refractivity contribution in [3.05, 3.63) is 64.4 Å². The number of fused-ring (bicyclic) bond motifs is 2. The van der Waals surface area contributed by atoms with Crippen LogP contribution in [0.4, 0.5) is 16.2 Å². The summed E-state index contributed by atoms with van der Waals surface area (Å²) in [6.45, 7) is 4.41. The van der Waals surface area contributed by atoms with Crippen molar-refractivity contribution < 1.29 is 4.79 Å². The van der Waals surface area contributed by atoms with Crippen molar-refractivity contribution in [3.63, 3.8) is 0 Å². The summed E-state index contributed by atoms with van der Waals surface area (Å²) in [5.74, 6) is 1.83. The molecular weight excluding hydrogens is 353 g/mol. The van der Waals surface area contributed by atoms with E-state index in [-0.39, 0.29) is 19.9 Å². The molecule has 1 aliphatic rings. The van der Waals surface area contributed by atoms with Crippen LogP contribution in [0.3, 0.4) is 0 Å². The van der Waals surface area contributed by atoms with E-state index in [1.165, 1.54) is 11.1 Å². The van der Waals surface area contributed by atoms with Crippen molar-refractivity contribution in [2.75, 3.05) is 4.90 Å². The number of hydrogen-bond acceptors (Lipinski definition) is 4. The van der Waals surface area contributed by atoms with Crippen molar-refractivity contribution >= 4 is 37.0 Å². The minimum atomic E-state index is -0.156. The van der Waals surface area contributed by atoms with Gasteiger partial charge in [-0.05, 0) is 0 Å². The second-order valence-electron chi connectivity index (χ2n) is 6.00. The monoisotopic (exact) mass is 369 g/mol. The van der Waals surface area contributed by atoms with E-state index in [1.54, 1.807) is 0 Å². The molecule has 4 heterocycles. The number of hydrogen-bond donors (Lipinski definition) is 0. The molecule has 4 rings (SSSR count). The van der Waals surface area contributed by atoms with Gasteiger partial charge in [-0.2, -0.15) is 0 Å². The molecule has 1 aliphatic heterocycles. The van der Waals surface area contributed by atoms with Crippen LogP contribution < -0.4 is 4.90 Å². The molecule has 114 valence electrons. The summed E-state index contributed by atoms with van der Waals surface area (Å²) in [4.78, 5) is 22.5. The molecule has 0 unspecified atom stereocenters. The summed E-state index contributed by atoms with van der Waals surface area (Å²) in [5, 5.41) is 0.